The van der Waals surface area contributed by atoms with Crippen molar-refractivity contribution in [1.82, 2.24) is 19.1 Å². The number of nitrogens with one attached hydrogen (secondary N) is 2. The van der Waals surface area contributed by atoms with Crippen molar-refractivity contribution in [2.75, 3.05) is 0 Å². The fourth-order valence-electron chi connectivity index (χ4n) is 3.71. The standard InChI is InChI=1S/C22H17FN4O3/c1-26-11-14(12-9-10-24-18(12)21(26)28)13-7-8-16-19(25-22(29)27(16)2)20(13)30-17-6-4-3-5-15(17)23/h3-11,24H,1-2H3,(H,25,29). The molecule has 5 aromatic rings. The van der Waals surface area contributed by atoms with Crippen molar-refractivity contribution in [1.29, 1.82) is 0 Å². The zero-order chi connectivity index (χ0) is 21.0. The molecule has 2 aromatic carbocycles. The van der Waals surface area contributed by atoms with Crippen LogP contribution in [-0.2, 0) is 14.1 Å². The van der Waals surface area contributed by atoms with E-state index in [-0.39, 0.29) is 17.0 Å². The zero-order valence-electron chi connectivity index (χ0n) is 16.2. The highest BCUT2D eigenvalue weighted by molar-refractivity contribution is 6.00. The molecule has 0 unspecified atom stereocenters. The van der Waals surface area contributed by atoms with Gasteiger partial charge in [0, 0.05) is 43.0 Å². The Hall–Kier alpha value is -4.07. The molecule has 0 aliphatic rings. The fourth-order valence-corrected chi connectivity index (χ4v) is 3.71. The van der Waals surface area contributed by atoms with Crippen LogP contribution < -0.4 is 16.0 Å². The van der Waals surface area contributed by atoms with E-state index in [1.165, 1.54) is 21.3 Å². The van der Waals surface area contributed by atoms with Gasteiger partial charge in [0.2, 0.25) is 0 Å². The molecule has 0 fully saturated rings. The molecule has 150 valence electrons. The third-order valence-corrected chi connectivity index (χ3v) is 5.27. The molecule has 0 atom stereocenters. The minimum Gasteiger partial charge on any atom is -0.451 e. The number of para-hydroxylation sites is 1. The van der Waals surface area contributed by atoms with Gasteiger partial charge in [0.25, 0.3) is 5.56 Å². The molecule has 0 bridgehead atoms. The van der Waals surface area contributed by atoms with E-state index in [0.29, 0.717) is 38.8 Å². The molecule has 8 heteroatoms. The molecule has 7 nitrogen and oxygen atoms in total. The Bertz CT molecular complexity index is 1550. The monoisotopic (exact) mass is 404 g/mol. The Morgan fingerprint density at radius 1 is 0.967 bits per heavy atom. The van der Waals surface area contributed by atoms with E-state index >= 15 is 0 Å². The number of hydrogen-bond acceptors (Lipinski definition) is 3. The first kappa shape index (κ1) is 18.0. The van der Waals surface area contributed by atoms with Crippen LogP contribution in [0.5, 0.6) is 11.5 Å². The number of benzene rings is 2. The SMILES string of the molecule is Cn1cc(-c2ccc3c([nH]c(=O)n3C)c2Oc2ccccc2F)c2cc[nH]c2c1=O. The zero-order valence-corrected chi connectivity index (χ0v) is 16.2. The molecule has 3 aromatic heterocycles. The van der Waals surface area contributed by atoms with Crippen molar-refractivity contribution in [3.05, 3.63) is 81.5 Å². The van der Waals surface area contributed by atoms with Crippen LogP contribution >= 0.6 is 0 Å². The van der Waals surface area contributed by atoms with Gasteiger partial charge in [-0.1, -0.05) is 12.1 Å². The lowest BCUT2D eigenvalue weighted by Gasteiger charge is -2.15. The molecule has 5 rings (SSSR count). The number of aryl methyl sites for hydroxylation is 2. The van der Waals surface area contributed by atoms with Gasteiger partial charge in [-0.3, -0.25) is 9.36 Å². The quantitative estimate of drug-likeness (QED) is 0.481. The molecule has 2 N–H and O–H groups in total. The second-order valence-corrected chi connectivity index (χ2v) is 7.08. The molecule has 0 aliphatic carbocycles. The average Bonchev–Trinajstić information content (AvgIpc) is 3.33. The molecule has 0 saturated heterocycles. The second-order valence-electron chi connectivity index (χ2n) is 7.08. The number of H-pyrrole nitrogens is 2. The smallest absolute Gasteiger partial charge is 0.326 e. The van der Waals surface area contributed by atoms with Crippen molar-refractivity contribution in [3.8, 4) is 22.6 Å². The van der Waals surface area contributed by atoms with Gasteiger partial charge in [-0.25, -0.2) is 9.18 Å². The minimum absolute atomic E-state index is 0.0334. The summed E-state index contributed by atoms with van der Waals surface area (Å²) >= 11 is 0. The molecular formula is C22H17FN4O3. The summed E-state index contributed by atoms with van der Waals surface area (Å²) in [7, 11) is 3.30. The summed E-state index contributed by atoms with van der Waals surface area (Å²) in [6, 6.07) is 11.5. The lowest BCUT2D eigenvalue weighted by atomic mass is 10.0. The summed E-state index contributed by atoms with van der Waals surface area (Å²) in [5.74, 6) is -0.187. The highest BCUT2D eigenvalue weighted by Crippen LogP contribution is 2.40. The lowest BCUT2D eigenvalue weighted by molar-refractivity contribution is 0.447. The summed E-state index contributed by atoms with van der Waals surface area (Å²) in [5.41, 5.74) is 2.37. The fraction of sp³-hybridized carbons (Fsp3) is 0.0909. The molecule has 0 radical (unpaired) electrons. The van der Waals surface area contributed by atoms with Gasteiger partial charge >= 0.3 is 5.69 Å². The van der Waals surface area contributed by atoms with Crippen LogP contribution in [0, 0.1) is 5.82 Å². The average molecular weight is 404 g/mol. The predicted molar refractivity (Wildman–Crippen MR) is 113 cm³/mol. The molecular weight excluding hydrogens is 387 g/mol. The van der Waals surface area contributed by atoms with Crippen molar-refractivity contribution in [2.24, 2.45) is 14.1 Å². The van der Waals surface area contributed by atoms with Crippen LogP contribution in [0.15, 0.2) is 64.4 Å². The normalized spacial score (nSPS) is 11.4. The number of rotatable bonds is 3. The van der Waals surface area contributed by atoms with Gasteiger partial charge in [0.05, 0.1) is 5.52 Å². The maximum atomic E-state index is 14.4. The largest absolute Gasteiger partial charge is 0.451 e. The summed E-state index contributed by atoms with van der Waals surface area (Å²) in [4.78, 5) is 30.5. The second kappa shape index (κ2) is 6.48. The topological polar surface area (TPSA) is 84.8 Å². The third-order valence-electron chi connectivity index (χ3n) is 5.27. The predicted octanol–water partition coefficient (Wildman–Crippen LogP) is 3.65. The number of aromatic amines is 2. The van der Waals surface area contributed by atoms with Crippen LogP contribution in [0.4, 0.5) is 4.39 Å². The van der Waals surface area contributed by atoms with E-state index in [1.807, 2.05) is 0 Å². The molecule has 0 amide bonds. The van der Waals surface area contributed by atoms with E-state index in [1.54, 1.807) is 56.8 Å². The highest BCUT2D eigenvalue weighted by atomic mass is 19.1. The molecule has 0 aliphatic heterocycles. The van der Waals surface area contributed by atoms with Crippen LogP contribution in [0.25, 0.3) is 33.1 Å². The minimum atomic E-state index is -0.522. The first-order chi connectivity index (χ1) is 14.5. The summed E-state index contributed by atoms with van der Waals surface area (Å²) in [5, 5.41) is 0.703. The number of imidazole rings is 1. The Morgan fingerprint density at radius 2 is 1.77 bits per heavy atom. The van der Waals surface area contributed by atoms with Crippen molar-refractivity contribution < 1.29 is 9.13 Å². The van der Waals surface area contributed by atoms with Gasteiger partial charge in [-0.2, -0.15) is 0 Å². The van der Waals surface area contributed by atoms with E-state index < -0.39 is 5.82 Å². The van der Waals surface area contributed by atoms with Crippen LogP contribution in [0.2, 0.25) is 0 Å². The number of nitrogens with zero attached hydrogens (tertiary/aromatic N) is 2. The van der Waals surface area contributed by atoms with Crippen molar-refractivity contribution >= 4 is 21.9 Å². The van der Waals surface area contributed by atoms with Gasteiger partial charge in [0.15, 0.2) is 17.3 Å². The number of fused-ring (bicyclic) bond motifs is 2. The van der Waals surface area contributed by atoms with Crippen LogP contribution in [0.1, 0.15) is 0 Å². The van der Waals surface area contributed by atoms with E-state index in [4.69, 9.17) is 4.74 Å². The highest BCUT2D eigenvalue weighted by Gasteiger charge is 2.20. The van der Waals surface area contributed by atoms with Gasteiger partial charge in [0.1, 0.15) is 11.0 Å². The number of pyridine rings is 1. The summed E-state index contributed by atoms with van der Waals surface area (Å²) in [6.07, 6.45) is 3.39. The molecule has 3 heterocycles. The molecule has 0 spiro atoms. The maximum Gasteiger partial charge on any atom is 0.326 e. The van der Waals surface area contributed by atoms with E-state index in [2.05, 4.69) is 9.97 Å². The van der Waals surface area contributed by atoms with E-state index in [9.17, 15) is 14.0 Å². The van der Waals surface area contributed by atoms with Crippen molar-refractivity contribution in [2.45, 2.75) is 0 Å². The van der Waals surface area contributed by atoms with Gasteiger partial charge in [-0.15, -0.1) is 0 Å². The number of halogens is 1. The summed E-state index contributed by atoms with van der Waals surface area (Å²) < 4.78 is 23.3. The Morgan fingerprint density at radius 3 is 2.57 bits per heavy atom. The van der Waals surface area contributed by atoms with Crippen LogP contribution in [-0.4, -0.2) is 19.1 Å². The first-order valence-electron chi connectivity index (χ1n) is 9.27. The van der Waals surface area contributed by atoms with Gasteiger partial charge < -0.3 is 19.3 Å². The number of hydrogen-bond donors (Lipinski definition) is 2. The lowest BCUT2D eigenvalue weighted by Crippen LogP contribution is -2.16. The Kier molecular flexibility index (Phi) is 3.89. The maximum absolute atomic E-state index is 14.4. The Labute approximate surface area is 169 Å². The summed E-state index contributed by atoms with van der Waals surface area (Å²) in [6.45, 7) is 0. The third kappa shape index (κ3) is 2.57. The van der Waals surface area contributed by atoms with Crippen molar-refractivity contribution in [3.63, 3.8) is 0 Å². The molecule has 30 heavy (non-hydrogen) atoms. The van der Waals surface area contributed by atoms with Crippen LogP contribution in [0.3, 0.4) is 0 Å². The van der Waals surface area contributed by atoms with E-state index in [0.717, 1.165) is 0 Å². The number of ether oxygens (including phenoxy) is 1. The van der Waals surface area contributed by atoms with Gasteiger partial charge in [-0.05, 0) is 30.3 Å². The Balaban J connectivity index is 1.87. The first-order valence-corrected chi connectivity index (χ1v) is 9.27. The molecule has 0 saturated carbocycles. The number of aromatic nitrogens is 4.